The SMILES string of the molecule is C=C(C)C(=O)OCCN=C=O.C=C(C)C(=O)OCCNC(=O)Oc1ccc(C(O)CC(O)c2ccccc2)cc1.CC.CC.Cc1ccccc1.Oc1ccc(C(O)CC(O)c2ccccc2)cc1.[Ir].[Ir].[c-]1ccccc1-c1ccccn1.[c-]1ccccc1-c1ccccn1.[c-]1ccccc1-c1ccccn1.[c-]1ccccc1-c1ccccn1. The summed E-state index contributed by atoms with van der Waals surface area (Å²) in [5, 5.41) is 52.2. The van der Waals surface area contributed by atoms with Crippen LogP contribution in [0.5, 0.6) is 11.5 Å². The first kappa shape index (κ1) is 103. The average molecular weight is 1950 g/mol. The summed E-state index contributed by atoms with van der Waals surface area (Å²) in [5.41, 5.74) is 12.8. The molecule has 0 saturated heterocycles. The van der Waals surface area contributed by atoms with Gasteiger partial charge in [0, 0.05) is 89.0 Å². The van der Waals surface area contributed by atoms with Crippen LogP contribution in [0.4, 0.5) is 4.79 Å². The van der Waals surface area contributed by atoms with E-state index >= 15 is 0 Å². The molecule has 4 atom stereocenters. The monoisotopic (exact) mass is 1950 g/mol. The van der Waals surface area contributed by atoms with E-state index < -0.39 is 42.4 Å². The molecule has 4 heterocycles. The number of hydrogen-bond donors (Lipinski definition) is 6. The second-order valence-electron chi connectivity index (χ2n) is 24.3. The van der Waals surface area contributed by atoms with Gasteiger partial charge in [-0.15, -0.1) is 144 Å². The topological polar surface area (TPSA) is 273 Å². The Bertz CT molecular complexity index is 4370. The van der Waals surface area contributed by atoms with Crippen molar-refractivity contribution in [2.45, 2.75) is 85.7 Å². The normalized spacial score (nSPS) is 10.4. The van der Waals surface area contributed by atoms with Crippen molar-refractivity contribution in [1.82, 2.24) is 25.3 Å². The Kier molecular flexibility index (Phi) is 55.0. The smallest absolute Gasteiger partial charge is 0.412 e. The summed E-state index contributed by atoms with van der Waals surface area (Å²) in [4.78, 5) is 63.2. The zero-order valence-corrected chi connectivity index (χ0v) is 72.5. The molecular formula is C99H102Ir2N6O12-4. The predicted octanol–water partition coefficient (Wildman–Crippen LogP) is 20.3. The van der Waals surface area contributed by atoms with Gasteiger partial charge in [0.2, 0.25) is 6.08 Å². The third kappa shape index (κ3) is 43.9. The van der Waals surface area contributed by atoms with E-state index in [1.54, 1.807) is 80.2 Å². The quantitative estimate of drug-likeness (QED) is 0.00974. The van der Waals surface area contributed by atoms with Crippen molar-refractivity contribution in [2.24, 2.45) is 4.99 Å². The number of hydrogen-bond acceptors (Lipinski definition) is 17. The van der Waals surface area contributed by atoms with E-state index in [0.717, 1.165) is 56.2 Å². The minimum absolute atomic E-state index is 0. The van der Waals surface area contributed by atoms with E-state index in [2.05, 4.69) is 91.5 Å². The van der Waals surface area contributed by atoms with Crippen molar-refractivity contribution in [3.63, 3.8) is 0 Å². The van der Waals surface area contributed by atoms with Crippen LogP contribution < -0.4 is 10.1 Å². The van der Waals surface area contributed by atoms with Gasteiger partial charge in [0.1, 0.15) is 24.7 Å². The summed E-state index contributed by atoms with van der Waals surface area (Å²) in [5.74, 6) is -0.534. The zero-order chi connectivity index (χ0) is 84.9. The summed E-state index contributed by atoms with van der Waals surface area (Å²) in [6, 6.07) is 109. The summed E-state index contributed by atoms with van der Waals surface area (Å²) in [6.07, 6.45) is 5.07. The minimum atomic E-state index is -0.865. The van der Waals surface area contributed by atoms with Crippen molar-refractivity contribution in [1.29, 1.82) is 0 Å². The van der Waals surface area contributed by atoms with E-state index in [4.69, 9.17) is 14.6 Å². The molecule has 1 amide bonds. The molecule has 0 fully saturated rings. The number of esters is 2. The van der Waals surface area contributed by atoms with Crippen LogP contribution in [0.1, 0.15) is 107 Å². The largest absolute Gasteiger partial charge is 0.508 e. The summed E-state index contributed by atoms with van der Waals surface area (Å²) >= 11 is 0. The van der Waals surface area contributed by atoms with Crippen LogP contribution in [0.3, 0.4) is 0 Å². The second kappa shape index (κ2) is 63.8. The van der Waals surface area contributed by atoms with E-state index in [1.807, 2.05) is 264 Å². The fourth-order valence-electron chi connectivity index (χ4n) is 9.52. The number of carbonyl (C=O) groups is 3. The standard InChI is InChI=1S/C22H25NO6.C15H16O3.4C11H8N.C7H9NO3.C7H8.2C2H6.2Ir/c1-15(2)21(26)28-13-12-23-22(27)29-18-10-8-17(9-11-18)20(25)14-19(24)16-6-4-3-5-7-16;16-13-8-6-12(7-9-13)15(18)10-14(17)11-4-2-1-3-5-11;4*1-2-6-10(7-3-1)11-8-4-5-9-12-11;1-6(2)7(10)11-4-3-8-5-9;1-7-5-3-2-4-6-7;2*1-2;;/h3-11,19-20,24-25H,1,12-14H2,2H3,(H,23,27);1-9,14-18H,10H2;4*1-6,8-9H;1,3-4H2,2H3;2-6H,1H3;2*1-2H3;;/q;;4*-1;;;;;;. The van der Waals surface area contributed by atoms with E-state index in [9.17, 15) is 39.6 Å². The maximum atomic E-state index is 11.7. The Balaban J connectivity index is 0.000000472. The number of rotatable bonds is 21. The Morgan fingerprint density at radius 2 is 0.706 bits per heavy atom. The number of nitrogens with zero attached hydrogens (tertiary/aromatic N) is 5. The molecule has 4 unspecified atom stereocenters. The first-order chi connectivity index (χ1) is 57.0. The summed E-state index contributed by atoms with van der Waals surface area (Å²) in [6.45, 7) is 20.4. The molecule has 119 heavy (non-hydrogen) atoms. The molecule has 0 spiro atoms. The fourth-order valence-corrected chi connectivity index (χ4v) is 9.52. The maximum Gasteiger partial charge on any atom is 0.412 e. The van der Waals surface area contributed by atoms with Gasteiger partial charge in [-0.2, -0.15) is 0 Å². The maximum absolute atomic E-state index is 11.7. The van der Waals surface area contributed by atoms with Crippen LogP contribution in [0, 0.1) is 31.2 Å². The van der Waals surface area contributed by atoms with Gasteiger partial charge in [0.15, 0.2) is 0 Å². The van der Waals surface area contributed by atoms with Gasteiger partial charge in [-0.25, -0.2) is 24.2 Å². The number of benzene rings is 9. The molecule has 622 valence electrons. The second-order valence-corrected chi connectivity index (χ2v) is 24.3. The molecule has 2 radical (unpaired) electrons. The molecule has 0 bridgehead atoms. The Hall–Kier alpha value is -12.4. The van der Waals surface area contributed by atoms with Gasteiger partial charge in [0.05, 0.1) is 37.5 Å². The number of pyridine rings is 4. The van der Waals surface area contributed by atoms with Crippen molar-refractivity contribution >= 4 is 24.1 Å². The number of phenols is 1. The molecule has 18 nitrogen and oxygen atoms in total. The zero-order valence-electron chi connectivity index (χ0n) is 67.7. The molecular weight excluding hydrogens is 1850 g/mol. The molecule has 4 aromatic heterocycles. The number of aliphatic hydroxyl groups excluding tert-OH is 4. The van der Waals surface area contributed by atoms with Crippen molar-refractivity contribution in [3.8, 4) is 56.5 Å². The number of amides is 1. The Labute approximate surface area is 727 Å². The summed E-state index contributed by atoms with van der Waals surface area (Å²) < 4.78 is 14.6. The van der Waals surface area contributed by atoms with Gasteiger partial charge < -0.3 is 65.0 Å². The van der Waals surface area contributed by atoms with Crippen LogP contribution >= 0.6 is 0 Å². The first-order valence-electron chi connectivity index (χ1n) is 37.9. The number of nitrogens with one attached hydrogen (secondary N) is 1. The molecule has 0 aliphatic rings. The number of isocyanates is 1. The van der Waals surface area contributed by atoms with Crippen LogP contribution in [-0.2, 0) is 64.1 Å². The molecule has 9 aromatic carbocycles. The number of aromatic hydroxyl groups is 1. The molecule has 13 rings (SSSR count). The number of aromatic nitrogens is 4. The van der Waals surface area contributed by atoms with Gasteiger partial charge in [-0.05, 0) is 114 Å². The first-order valence-corrected chi connectivity index (χ1v) is 37.9. The minimum Gasteiger partial charge on any atom is -0.508 e. The van der Waals surface area contributed by atoms with E-state index in [0.29, 0.717) is 22.4 Å². The number of ether oxygens (including phenoxy) is 3. The molecule has 6 N–H and O–H groups in total. The van der Waals surface area contributed by atoms with Gasteiger partial charge in [-0.3, -0.25) is 0 Å². The van der Waals surface area contributed by atoms with E-state index in [1.165, 1.54) is 30.7 Å². The fraction of sp³-hybridized carbons (Fsp3) is 0.172. The van der Waals surface area contributed by atoms with Crippen LogP contribution in [-0.4, -0.2) is 95.9 Å². The van der Waals surface area contributed by atoms with Crippen LogP contribution in [0.25, 0.3) is 45.0 Å². The van der Waals surface area contributed by atoms with Gasteiger partial charge >= 0.3 is 18.0 Å². The number of aliphatic hydroxyl groups is 4. The predicted molar refractivity (Wildman–Crippen MR) is 463 cm³/mol. The Morgan fingerprint density at radius 3 is 0.983 bits per heavy atom. The number of aryl methyl sites for hydroxylation is 1. The van der Waals surface area contributed by atoms with Crippen molar-refractivity contribution in [2.75, 3.05) is 26.3 Å². The Morgan fingerprint density at radius 1 is 0.412 bits per heavy atom. The van der Waals surface area contributed by atoms with Gasteiger partial charge in [0.25, 0.3) is 0 Å². The third-order valence-electron chi connectivity index (χ3n) is 15.4. The van der Waals surface area contributed by atoms with Gasteiger partial charge in [-0.1, -0.05) is 210 Å². The molecule has 0 aliphatic carbocycles. The number of carbonyl (C=O) groups excluding carboxylic acids is 4. The average Bonchev–Trinajstić information content (AvgIpc) is 0.848. The molecule has 0 aliphatic heterocycles. The van der Waals surface area contributed by atoms with Crippen LogP contribution in [0.2, 0.25) is 0 Å². The third-order valence-corrected chi connectivity index (χ3v) is 15.4. The number of phenolic OH excluding ortho intramolecular Hbond substituents is 1. The number of aliphatic imine (C=N–C) groups is 1. The van der Waals surface area contributed by atoms with Crippen LogP contribution in [0.15, 0.2) is 363 Å². The molecule has 20 heteroatoms. The molecule has 0 saturated carbocycles. The van der Waals surface area contributed by atoms with Crippen molar-refractivity contribution < 1.29 is 99.1 Å². The van der Waals surface area contributed by atoms with E-state index in [-0.39, 0.29) is 90.7 Å². The molecule has 13 aromatic rings. The van der Waals surface area contributed by atoms with Crippen molar-refractivity contribution in [3.05, 3.63) is 411 Å². The summed E-state index contributed by atoms with van der Waals surface area (Å²) in [7, 11) is 0.